The Morgan fingerprint density at radius 3 is 2.51 bits per heavy atom. The first-order chi connectivity index (χ1) is 19.8. The largest absolute Gasteiger partial charge is 0.481 e. The number of amides is 1. The molecule has 2 heterocycles. The van der Waals surface area contributed by atoms with Gasteiger partial charge in [0, 0.05) is 34.8 Å². The number of methoxy groups -OCH3 is 1. The van der Waals surface area contributed by atoms with Crippen molar-refractivity contribution in [1.29, 1.82) is 0 Å². The lowest BCUT2D eigenvalue weighted by atomic mass is 9.94. The lowest BCUT2D eigenvalue weighted by molar-refractivity contribution is -0.140. The Hall–Kier alpha value is -4.38. The number of carboxylic acid groups (broad SMARTS) is 1. The van der Waals surface area contributed by atoms with Crippen LogP contribution in [-0.2, 0) is 16.0 Å². The van der Waals surface area contributed by atoms with Gasteiger partial charge in [-0.25, -0.2) is 9.97 Å². The Morgan fingerprint density at radius 1 is 1.10 bits per heavy atom. The molecule has 0 aliphatic heterocycles. The first-order valence-electron chi connectivity index (χ1n) is 13.0. The first-order valence-corrected chi connectivity index (χ1v) is 13.8. The van der Waals surface area contributed by atoms with E-state index in [1.165, 1.54) is 30.6 Å². The van der Waals surface area contributed by atoms with Gasteiger partial charge in [0.25, 0.3) is 0 Å². The molecular weight excluding hydrogens is 552 g/mol. The number of nitrogens with zero attached hydrogens (tertiary/aromatic N) is 3. The minimum Gasteiger partial charge on any atom is -0.481 e. The number of aliphatic carboxylic acids is 1. The molecule has 1 aliphatic carbocycles. The van der Waals surface area contributed by atoms with Crippen LogP contribution < -0.4 is 14.4 Å². The van der Waals surface area contributed by atoms with Gasteiger partial charge in [0.1, 0.15) is 5.75 Å². The van der Waals surface area contributed by atoms with Crippen LogP contribution in [0.1, 0.15) is 24.8 Å². The highest BCUT2D eigenvalue weighted by Gasteiger charge is 2.39. The molecule has 1 atom stereocenters. The van der Waals surface area contributed by atoms with E-state index in [4.69, 9.17) is 9.72 Å². The number of hydrogen-bond acceptors (Lipinski definition) is 7. The second kappa shape index (κ2) is 12.4. The van der Waals surface area contributed by atoms with E-state index in [2.05, 4.69) is 9.72 Å². The molecule has 1 fully saturated rings. The molecule has 0 bridgehead atoms. The van der Waals surface area contributed by atoms with Gasteiger partial charge in [-0.2, -0.15) is 8.78 Å². The SMILES string of the molecule is COc1ccc(-c2ccc(OC(F)F)cc2-c2csc(N(C(=O)C(CC(=O)O)Cc3ccccc3)C3CC3)n2)cn1. The maximum atomic E-state index is 13.8. The Balaban J connectivity index is 1.50. The molecule has 1 saturated carbocycles. The summed E-state index contributed by atoms with van der Waals surface area (Å²) in [7, 11) is 1.51. The van der Waals surface area contributed by atoms with Crippen LogP contribution in [0.4, 0.5) is 13.9 Å². The predicted octanol–water partition coefficient (Wildman–Crippen LogP) is 6.31. The monoisotopic (exact) mass is 579 g/mol. The lowest BCUT2D eigenvalue weighted by Crippen LogP contribution is -2.39. The van der Waals surface area contributed by atoms with Gasteiger partial charge in [0.2, 0.25) is 11.8 Å². The van der Waals surface area contributed by atoms with Crippen molar-refractivity contribution < 1.29 is 33.0 Å². The number of ether oxygens (including phenoxy) is 2. The van der Waals surface area contributed by atoms with Gasteiger partial charge in [-0.15, -0.1) is 11.3 Å². The quantitative estimate of drug-likeness (QED) is 0.210. The molecule has 212 valence electrons. The number of benzene rings is 2. The van der Waals surface area contributed by atoms with Gasteiger partial charge >= 0.3 is 12.6 Å². The number of rotatable bonds is 12. The van der Waals surface area contributed by atoms with Gasteiger partial charge in [-0.3, -0.25) is 14.5 Å². The number of carboxylic acids is 1. The molecule has 0 spiro atoms. The first kappa shape index (κ1) is 28.2. The van der Waals surface area contributed by atoms with Crippen molar-refractivity contribution in [3.05, 3.63) is 77.8 Å². The molecule has 8 nitrogen and oxygen atoms in total. The highest BCUT2D eigenvalue weighted by Crippen LogP contribution is 2.40. The molecule has 1 unspecified atom stereocenters. The predicted molar refractivity (Wildman–Crippen MR) is 150 cm³/mol. The van der Waals surface area contributed by atoms with Gasteiger partial charge in [-0.1, -0.05) is 30.3 Å². The summed E-state index contributed by atoms with van der Waals surface area (Å²) in [6.07, 6.45) is 3.16. The van der Waals surface area contributed by atoms with Crippen molar-refractivity contribution in [2.45, 2.75) is 38.3 Å². The smallest absolute Gasteiger partial charge is 0.387 e. The normalized spacial score (nSPS) is 13.6. The summed E-state index contributed by atoms with van der Waals surface area (Å²) in [5.74, 6) is -1.73. The van der Waals surface area contributed by atoms with Crippen molar-refractivity contribution in [3.8, 4) is 34.0 Å². The van der Waals surface area contributed by atoms with E-state index < -0.39 is 18.5 Å². The molecular formula is C30H27F2N3O5S. The molecule has 5 rings (SSSR count). The van der Waals surface area contributed by atoms with Crippen LogP contribution in [-0.4, -0.2) is 46.7 Å². The van der Waals surface area contributed by atoms with Crippen LogP contribution in [0.5, 0.6) is 11.6 Å². The minimum atomic E-state index is -3.00. The molecule has 4 aromatic rings. The van der Waals surface area contributed by atoms with E-state index in [1.807, 2.05) is 30.3 Å². The average Bonchev–Trinajstić information content (AvgIpc) is 3.68. The van der Waals surface area contributed by atoms with Gasteiger partial charge in [-0.05, 0) is 54.7 Å². The topological polar surface area (TPSA) is 102 Å². The fourth-order valence-corrected chi connectivity index (χ4v) is 5.54. The van der Waals surface area contributed by atoms with Crippen molar-refractivity contribution >= 4 is 28.3 Å². The molecule has 1 N–H and O–H groups in total. The van der Waals surface area contributed by atoms with E-state index in [9.17, 15) is 23.5 Å². The molecule has 2 aromatic carbocycles. The highest BCUT2D eigenvalue weighted by atomic mass is 32.1. The van der Waals surface area contributed by atoms with Crippen molar-refractivity contribution in [2.24, 2.45) is 5.92 Å². The summed E-state index contributed by atoms with van der Waals surface area (Å²) >= 11 is 1.24. The summed E-state index contributed by atoms with van der Waals surface area (Å²) in [6, 6.07) is 17.3. The van der Waals surface area contributed by atoms with E-state index >= 15 is 0 Å². The van der Waals surface area contributed by atoms with Crippen LogP contribution in [0, 0.1) is 5.92 Å². The minimum absolute atomic E-state index is 0.0331. The molecule has 1 aliphatic rings. The average molecular weight is 580 g/mol. The number of aromatic nitrogens is 2. The zero-order valence-corrected chi connectivity index (χ0v) is 22.9. The maximum absolute atomic E-state index is 13.8. The van der Waals surface area contributed by atoms with Crippen molar-refractivity contribution in [3.63, 3.8) is 0 Å². The second-order valence-corrected chi connectivity index (χ2v) is 10.5. The zero-order valence-electron chi connectivity index (χ0n) is 22.1. The van der Waals surface area contributed by atoms with Crippen LogP contribution in [0.15, 0.2) is 72.2 Å². The third-order valence-corrected chi connectivity index (χ3v) is 7.53. The number of carbonyl (C=O) groups excluding carboxylic acids is 1. The zero-order chi connectivity index (χ0) is 28.9. The third kappa shape index (κ3) is 6.86. The maximum Gasteiger partial charge on any atom is 0.387 e. The van der Waals surface area contributed by atoms with Crippen LogP contribution >= 0.6 is 11.3 Å². The molecule has 0 radical (unpaired) electrons. The van der Waals surface area contributed by atoms with Gasteiger partial charge in [0.15, 0.2) is 5.13 Å². The van der Waals surface area contributed by atoms with Crippen molar-refractivity contribution in [2.75, 3.05) is 12.0 Å². The van der Waals surface area contributed by atoms with E-state index in [0.717, 1.165) is 18.4 Å². The molecule has 41 heavy (non-hydrogen) atoms. The van der Waals surface area contributed by atoms with E-state index in [0.29, 0.717) is 33.4 Å². The Bertz CT molecular complexity index is 1510. The fraction of sp³-hybridized carbons (Fsp3) is 0.267. The number of carbonyl (C=O) groups is 2. The number of pyridine rings is 1. The standard InChI is InChI=1S/C30H27F2N3O5S/c1-39-26-12-7-19(16-33-26)23-11-10-22(40-29(31)32)15-24(23)25-17-41-30(34-25)35(21-8-9-21)28(38)20(14-27(36)37)13-18-5-3-2-4-6-18/h2-7,10-12,15-17,20-21,29H,8-9,13-14H2,1H3,(H,36,37). The molecule has 11 heteroatoms. The summed E-state index contributed by atoms with van der Waals surface area (Å²) in [5.41, 5.74) is 3.24. The molecule has 2 aromatic heterocycles. The summed E-state index contributed by atoms with van der Waals surface area (Å²) in [5, 5.41) is 11.7. The lowest BCUT2D eigenvalue weighted by Gasteiger charge is -2.25. The van der Waals surface area contributed by atoms with Crippen LogP contribution in [0.25, 0.3) is 22.4 Å². The number of thiazole rings is 1. The Morgan fingerprint density at radius 2 is 1.88 bits per heavy atom. The fourth-order valence-electron chi connectivity index (χ4n) is 4.64. The Kier molecular flexibility index (Phi) is 8.53. The van der Waals surface area contributed by atoms with Crippen LogP contribution in [0.3, 0.4) is 0 Å². The van der Waals surface area contributed by atoms with Gasteiger partial charge < -0.3 is 14.6 Å². The number of hydrogen-bond donors (Lipinski definition) is 1. The van der Waals surface area contributed by atoms with E-state index in [1.54, 1.807) is 34.7 Å². The van der Waals surface area contributed by atoms with Crippen molar-refractivity contribution in [1.82, 2.24) is 9.97 Å². The highest BCUT2D eigenvalue weighted by molar-refractivity contribution is 7.14. The number of anilines is 1. The van der Waals surface area contributed by atoms with Gasteiger partial charge in [0.05, 0.1) is 25.1 Å². The Labute approximate surface area is 239 Å². The summed E-state index contributed by atoms with van der Waals surface area (Å²) < 4.78 is 35.9. The summed E-state index contributed by atoms with van der Waals surface area (Å²) in [4.78, 5) is 36.2. The second-order valence-electron chi connectivity index (χ2n) is 9.61. The molecule has 1 amide bonds. The molecule has 0 saturated heterocycles. The summed E-state index contributed by atoms with van der Waals surface area (Å²) in [6.45, 7) is -3.00. The van der Waals surface area contributed by atoms with Crippen LogP contribution in [0.2, 0.25) is 0 Å². The van der Waals surface area contributed by atoms with E-state index in [-0.39, 0.29) is 30.5 Å². The number of alkyl halides is 2. The third-order valence-electron chi connectivity index (χ3n) is 6.69. The number of halogens is 2.